The van der Waals surface area contributed by atoms with Gasteiger partial charge in [0, 0.05) is 24.6 Å². The molecule has 3 rings (SSSR count). The summed E-state index contributed by atoms with van der Waals surface area (Å²) in [4.78, 5) is 12.5. The number of carbonyl (C=O) groups is 1. The van der Waals surface area contributed by atoms with Crippen molar-refractivity contribution < 1.29 is 23.4 Å². The van der Waals surface area contributed by atoms with E-state index in [9.17, 15) is 4.79 Å². The van der Waals surface area contributed by atoms with Crippen LogP contribution in [0.4, 0.5) is 0 Å². The zero-order chi connectivity index (χ0) is 15.7. The summed E-state index contributed by atoms with van der Waals surface area (Å²) in [6.45, 7) is 2.00. The number of ether oxygens (including phenoxy) is 3. The summed E-state index contributed by atoms with van der Waals surface area (Å²) in [7, 11) is 3.05. The van der Waals surface area contributed by atoms with E-state index in [1.165, 1.54) is 7.11 Å². The number of allylic oxidation sites excluding steroid dienone is 1. The van der Waals surface area contributed by atoms with Crippen LogP contribution in [-0.2, 0) is 6.42 Å². The molecule has 22 heavy (non-hydrogen) atoms. The fraction of sp³-hybridized carbons (Fsp3) is 0.235. The van der Waals surface area contributed by atoms with Gasteiger partial charge in [-0.3, -0.25) is 4.79 Å². The molecule has 5 nitrogen and oxygen atoms in total. The Morgan fingerprint density at radius 2 is 2.00 bits per heavy atom. The van der Waals surface area contributed by atoms with Crippen molar-refractivity contribution in [2.45, 2.75) is 13.3 Å². The molecule has 1 aliphatic rings. The lowest BCUT2D eigenvalue weighted by Crippen LogP contribution is -2.00. The van der Waals surface area contributed by atoms with Crippen molar-refractivity contribution >= 4 is 11.9 Å². The van der Waals surface area contributed by atoms with Gasteiger partial charge < -0.3 is 18.6 Å². The number of benzene rings is 1. The summed E-state index contributed by atoms with van der Waals surface area (Å²) < 4.78 is 21.7. The molecule has 1 aromatic carbocycles. The molecular weight excluding hydrogens is 284 g/mol. The summed E-state index contributed by atoms with van der Waals surface area (Å²) in [6, 6.07) is 7.01. The molecule has 2 heterocycles. The molecule has 0 aliphatic carbocycles. The van der Waals surface area contributed by atoms with Crippen LogP contribution in [0, 0.1) is 0 Å². The summed E-state index contributed by atoms with van der Waals surface area (Å²) in [5.74, 6) is 2.83. The number of aryl methyl sites for hydroxylation is 1. The van der Waals surface area contributed by atoms with E-state index in [1.807, 2.05) is 19.1 Å². The van der Waals surface area contributed by atoms with Gasteiger partial charge >= 0.3 is 0 Å². The number of methoxy groups -OCH3 is 2. The van der Waals surface area contributed by atoms with E-state index < -0.39 is 0 Å². The summed E-state index contributed by atoms with van der Waals surface area (Å²) >= 11 is 0. The average molecular weight is 300 g/mol. The minimum atomic E-state index is -0.232. The van der Waals surface area contributed by atoms with Crippen molar-refractivity contribution in [3.8, 4) is 17.2 Å². The molecule has 1 aromatic heterocycles. The van der Waals surface area contributed by atoms with Gasteiger partial charge in [0.1, 0.15) is 34.3 Å². The van der Waals surface area contributed by atoms with Crippen molar-refractivity contribution in [3.05, 3.63) is 47.1 Å². The Kier molecular flexibility index (Phi) is 3.63. The first-order valence-corrected chi connectivity index (χ1v) is 6.95. The molecule has 0 amide bonds. The third-order valence-corrected chi connectivity index (χ3v) is 3.47. The summed E-state index contributed by atoms with van der Waals surface area (Å²) in [6.07, 6.45) is 2.39. The molecule has 0 unspecified atom stereocenters. The third kappa shape index (κ3) is 2.35. The second-order valence-corrected chi connectivity index (χ2v) is 4.80. The predicted molar refractivity (Wildman–Crippen MR) is 80.6 cm³/mol. The maximum absolute atomic E-state index is 12.5. The SMILES string of the molecule is CCc1ccc(/C=C2\Oc3cc(OC)cc(OC)c3C2=O)o1. The lowest BCUT2D eigenvalue weighted by atomic mass is 10.1. The molecule has 1 aliphatic heterocycles. The van der Waals surface area contributed by atoms with Gasteiger partial charge in [-0.15, -0.1) is 0 Å². The van der Waals surface area contributed by atoms with Crippen LogP contribution in [0.2, 0.25) is 0 Å². The van der Waals surface area contributed by atoms with E-state index >= 15 is 0 Å². The maximum atomic E-state index is 12.5. The molecule has 0 radical (unpaired) electrons. The van der Waals surface area contributed by atoms with E-state index in [0.29, 0.717) is 28.6 Å². The van der Waals surface area contributed by atoms with E-state index in [1.54, 1.807) is 25.3 Å². The Morgan fingerprint density at radius 3 is 2.64 bits per heavy atom. The molecule has 0 atom stereocenters. The van der Waals surface area contributed by atoms with Gasteiger partial charge in [-0.1, -0.05) is 6.92 Å². The second kappa shape index (κ2) is 5.60. The van der Waals surface area contributed by atoms with Crippen molar-refractivity contribution in [2.24, 2.45) is 0 Å². The number of carbonyl (C=O) groups excluding carboxylic acids is 1. The summed E-state index contributed by atoms with van der Waals surface area (Å²) in [5.41, 5.74) is 0.400. The van der Waals surface area contributed by atoms with Crippen LogP contribution in [0.5, 0.6) is 17.2 Å². The van der Waals surface area contributed by atoms with Crippen LogP contribution >= 0.6 is 0 Å². The standard InChI is InChI=1S/C17H16O5/c1-4-10-5-6-11(21-10)7-15-17(18)16-13(20-3)8-12(19-2)9-14(16)22-15/h5-9H,4H2,1-3H3/b15-7-. The topological polar surface area (TPSA) is 57.9 Å². The predicted octanol–water partition coefficient (Wildman–Crippen LogP) is 3.48. The molecule has 0 fully saturated rings. The van der Waals surface area contributed by atoms with Crippen LogP contribution in [0.1, 0.15) is 28.8 Å². The smallest absolute Gasteiger partial charge is 0.235 e. The van der Waals surface area contributed by atoms with Gasteiger partial charge in [0.2, 0.25) is 5.78 Å². The van der Waals surface area contributed by atoms with Crippen LogP contribution < -0.4 is 14.2 Å². The number of fused-ring (bicyclic) bond motifs is 1. The third-order valence-electron chi connectivity index (χ3n) is 3.47. The Balaban J connectivity index is 2.00. The maximum Gasteiger partial charge on any atom is 0.235 e. The molecule has 114 valence electrons. The highest BCUT2D eigenvalue weighted by Gasteiger charge is 2.32. The van der Waals surface area contributed by atoms with Crippen molar-refractivity contribution in [3.63, 3.8) is 0 Å². The first kappa shape index (κ1) is 14.3. The number of rotatable bonds is 4. The lowest BCUT2D eigenvalue weighted by molar-refractivity contribution is 0.101. The number of furan rings is 1. The number of hydrogen-bond donors (Lipinski definition) is 0. The zero-order valence-electron chi connectivity index (χ0n) is 12.6. The molecule has 0 spiro atoms. The van der Waals surface area contributed by atoms with Crippen LogP contribution in [0.15, 0.2) is 34.4 Å². The highest BCUT2D eigenvalue weighted by Crippen LogP contribution is 2.41. The van der Waals surface area contributed by atoms with Crippen molar-refractivity contribution in [1.29, 1.82) is 0 Å². The van der Waals surface area contributed by atoms with Gasteiger partial charge in [-0.2, -0.15) is 0 Å². The normalized spacial score (nSPS) is 14.9. The van der Waals surface area contributed by atoms with Crippen LogP contribution in [0.25, 0.3) is 6.08 Å². The van der Waals surface area contributed by atoms with Crippen LogP contribution in [-0.4, -0.2) is 20.0 Å². The summed E-state index contributed by atoms with van der Waals surface area (Å²) in [5, 5.41) is 0. The first-order chi connectivity index (χ1) is 10.7. The average Bonchev–Trinajstić information content (AvgIpc) is 3.12. The molecule has 2 aromatic rings. The van der Waals surface area contributed by atoms with E-state index in [2.05, 4.69) is 0 Å². The van der Waals surface area contributed by atoms with Gasteiger partial charge in [-0.25, -0.2) is 0 Å². The number of ketones is 1. The minimum Gasteiger partial charge on any atom is -0.496 e. The molecule has 0 N–H and O–H groups in total. The fourth-order valence-electron chi connectivity index (χ4n) is 2.32. The van der Waals surface area contributed by atoms with Gasteiger partial charge in [0.25, 0.3) is 0 Å². The Hall–Kier alpha value is -2.69. The second-order valence-electron chi connectivity index (χ2n) is 4.80. The van der Waals surface area contributed by atoms with Gasteiger partial charge in [-0.05, 0) is 12.1 Å². The highest BCUT2D eigenvalue weighted by molar-refractivity contribution is 6.16. The number of Topliss-reactive ketones (excluding diaryl/α,β-unsaturated/α-hetero) is 1. The lowest BCUT2D eigenvalue weighted by Gasteiger charge is -2.07. The molecular formula is C17H16O5. The quantitative estimate of drug-likeness (QED) is 0.809. The van der Waals surface area contributed by atoms with Crippen molar-refractivity contribution in [1.82, 2.24) is 0 Å². The first-order valence-electron chi connectivity index (χ1n) is 6.95. The molecule has 5 heteroatoms. The number of hydrogen-bond acceptors (Lipinski definition) is 5. The van der Waals surface area contributed by atoms with Crippen LogP contribution in [0.3, 0.4) is 0 Å². The minimum absolute atomic E-state index is 0.207. The Morgan fingerprint density at radius 1 is 1.18 bits per heavy atom. The monoisotopic (exact) mass is 300 g/mol. The molecule has 0 saturated heterocycles. The zero-order valence-corrected chi connectivity index (χ0v) is 12.6. The fourth-order valence-corrected chi connectivity index (χ4v) is 2.32. The molecule has 0 saturated carbocycles. The largest absolute Gasteiger partial charge is 0.496 e. The van der Waals surface area contributed by atoms with E-state index in [0.717, 1.165) is 12.2 Å². The highest BCUT2D eigenvalue weighted by atomic mass is 16.5. The Labute approximate surface area is 128 Å². The van der Waals surface area contributed by atoms with E-state index in [-0.39, 0.29) is 11.5 Å². The van der Waals surface area contributed by atoms with E-state index in [4.69, 9.17) is 18.6 Å². The van der Waals surface area contributed by atoms with Gasteiger partial charge in [0.15, 0.2) is 5.76 Å². The Bertz CT molecular complexity index is 754. The van der Waals surface area contributed by atoms with Crippen molar-refractivity contribution in [2.75, 3.05) is 14.2 Å². The van der Waals surface area contributed by atoms with Gasteiger partial charge in [0.05, 0.1) is 14.2 Å². The molecule has 0 bridgehead atoms.